The molecule has 3 amide bonds. The van der Waals surface area contributed by atoms with E-state index in [-0.39, 0.29) is 35.3 Å². The fourth-order valence-corrected chi connectivity index (χ4v) is 7.15. The highest BCUT2D eigenvalue weighted by Gasteiger charge is 2.52. The van der Waals surface area contributed by atoms with E-state index >= 15 is 0 Å². The summed E-state index contributed by atoms with van der Waals surface area (Å²) in [5.74, 6) is 1.42. The molecule has 4 aliphatic rings. The van der Waals surface area contributed by atoms with Gasteiger partial charge in [-0.15, -0.1) is 10.2 Å². The summed E-state index contributed by atoms with van der Waals surface area (Å²) in [4.78, 5) is 31.4. The Bertz CT molecular complexity index is 1240. The maximum Gasteiger partial charge on any atom is 0.327 e. The lowest BCUT2D eigenvalue weighted by atomic mass is 9.86. The Labute approximate surface area is 220 Å². The molecule has 1 aromatic carbocycles. The van der Waals surface area contributed by atoms with Crippen molar-refractivity contribution in [2.45, 2.75) is 43.6 Å². The number of para-hydroxylation sites is 1. The predicted molar refractivity (Wildman–Crippen MR) is 141 cm³/mol. The van der Waals surface area contributed by atoms with Gasteiger partial charge in [0, 0.05) is 30.3 Å². The first-order valence-corrected chi connectivity index (χ1v) is 13.7. The standard InChI is InChI=1S/C26H31N7O3S/c1-15-13-19(36-17-8-4-3-5-9-17)30-31-23(15)33-18-10-11-27-25-20(18)21(29-26(33)35)22(37-25)24(34)28-16-7-6-12-32(2)14-16/h3-5,8-9,13,16,18,20,25,27H,6-7,10-12,14H2,1-2H3,(H,28,34)(H,29,35)/t16-,18?,20?,25?/m1/s1. The van der Waals surface area contributed by atoms with Gasteiger partial charge in [0.15, 0.2) is 5.82 Å². The topological polar surface area (TPSA) is 112 Å². The second kappa shape index (κ2) is 9.96. The third kappa shape index (κ3) is 4.67. The van der Waals surface area contributed by atoms with Crippen LogP contribution in [0.4, 0.5) is 10.6 Å². The van der Waals surface area contributed by atoms with Crippen LogP contribution in [-0.4, -0.2) is 71.2 Å². The number of likely N-dealkylation sites (tertiary alicyclic amines) is 1. The minimum atomic E-state index is -0.281. The van der Waals surface area contributed by atoms with E-state index in [2.05, 4.69) is 38.1 Å². The largest absolute Gasteiger partial charge is 0.438 e. The lowest BCUT2D eigenvalue weighted by Crippen LogP contribution is -2.62. The molecule has 3 saturated heterocycles. The summed E-state index contributed by atoms with van der Waals surface area (Å²) in [6.07, 6.45) is 2.79. The summed E-state index contributed by atoms with van der Waals surface area (Å²) >= 11 is 1.52. The monoisotopic (exact) mass is 521 g/mol. The molecule has 5 heterocycles. The number of carbonyl (C=O) groups excluding carboxylic acids is 2. The van der Waals surface area contributed by atoms with Crippen LogP contribution in [0.15, 0.2) is 47.0 Å². The summed E-state index contributed by atoms with van der Waals surface area (Å²) in [7, 11) is 2.08. The number of hydrogen-bond donors (Lipinski definition) is 3. The zero-order chi connectivity index (χ0) is 25.5. The predicted octanol–water partition coefficient (Wildman–Crippen LogP) is 2.58. The fraction of sp³-hybridized carbons (Fsp3) is 0.462. The van der Waals surface area contributed by atoms with Crippen LogP contribution in [0.1, 0.15) is 24.8 Å². The summed E-state index contributed by atoms with van der Waals surface area (Å²) in [5, 5.41) is 18.5. The van der Waals surface area contributed by atoms with Gasteiger partial charge in [-0.05, 0) is 64.0 Å². The second-order valence-corrected chi connectivity index (χ2v) is 11.2. The molecule has 3 fully saturated rings. The lowest BCUT2D eigenvalue weighted by molar-refractivity contribution is -0.117. The van der Waals surface area contributed by atoms with E-state index < -0.39 is 0 Å². The second-order valence-electron chi connectivity index (χ2n) is 10.1. The van der Waals surface area contributed by atoms with Gasteiger partial charge in [-0.2, -0.15) is 0 Å². The number of nitrogens with zero attached hydrogens (tertiary/aromatic N) is 4. The highest BCUT2D eigenvalue weighted by molar-refractivity contribution is 8.04. The Morgan fingerprint density at radius 3 is 2.84 bits per heavy atom. The Kier molecular flexibility index (Phi) is 6.51. The van der Waals surface area contributed by atoms with Crippen LogP contribution in [0.2, 0.25) is 0 Å². The minimum Gasteiger partial charge on any atom is -0.438 e. The molecule has 0 spiro atoms. The third-order valence-electron chi connectivity index (χ3n) is 7.44. The molecule has 4 atom stereocenters. The van der Waals surface area contributed by atoms with Gasteiger partial charge in [0.2, 0.25) is 5.88 Å². The van der Waals surface area contributed by atoms with Gasteiger partial charge < -0.3 is 25.6 Å². The van der Waals surface area contributed by atoms with Gasteiger partial charge in [-0.25, -0.2) is 4.79 Å². The number of hydrogen-bond acceptors (Lipinski definition) is 8. The van der Waals surface area contributed by atoms with E-state index in [1.165, 1.54) is 11.8 Å². The van der Waals surface area contributed by atoms with Gasteiger partial charge >= 0.3 is 6.03 Å². The molecule has 10 nitrogen and oxygen atoms in total. The molecule has 6 rings (SSSR count). The highest BCUT2D eigenvalue weighted by Crippen LogP contribution is 2.48. The number of aryl methyl sites for hydroxylation is 1. The van der Waals surface area contributed by atoms with Crippen LogP contribution in [0.3, 0.4) is 0 Å². The zero-order valence-corrected chi connectivity index (χ0v) is 21.8. The third-order valence-corrected chi connectivity index (χ3v) is 8.79. The average Bonchev–Trinajstić information content (AvgIpc) is 3.25. The number of urea groups is 1. The molecular formula is C26H31N7O3S. The van der Waals surface area contributed by atoms with E-state index in [1.54, 1.807) is 11.0 Å². The Balaban J connectivity index is 1.24. The molecular weight excluding hydrogens is 490 g/mol. The lowest BCUT2D eigenvalue weighted by Gasteiger charge is -2.45. The Hall–Kier alpha value is -3.15. The van der Waals surface area contributed by atoms with Crippen molar-refractivity contribution in [3.05, 3.63) is 52.6 Å². The summed E-state index contributed by atoms with van der Waals surface area (Å²) < 4.78 is 5.83. The van der Waals surface area contributed by atoms with Crippen molar-refractivity contribution in [3.63, 3.8) is 0 Å². The average molecular weight is 522 g/mol. The van der Waals surface area contributed by atoms with E-state index in [0.717, 1.165) is 50.2 Å². The molecule has 4 aliphatic heterocycles. The number of anilines is 1. The number of carbonyl (C=O) groups is 2. The van der Waals surface area contributed by atoms with Gasteiger partial charge in [0.1, 0.15) is 5.75 Å². The molecule has 2 aromatic rings. The van der Waals surface area contributed by atoms with Crippen molar-refractivity contribution in [1.82, 2.24) is 31.0 Å². The van der Waals surface area contributed by atoms with E-state index in [9.17, 15) is 9.59 Å². The van der Waals surface area contributed by atoms with Crippen LogP contribution in [-0.2, 0) is 4.79 Å². The maximum atomic E-state index is 13.5. The number of thioether (sulfide) groups is 1. The molecule has 37 heavy (non-hydrogen) atoms. The van der Waals surface area contributed by atoms with Crippen molar-refractivity contribution in [1.29, 1.82) is 0 Å². The first-order valence-electron chi connectivity index (χ1n) is 12.8. The number of piperidine rings is 2. The fourth-order valence-electron chi connectivity index (χ4n) is 5.75. The molecule has 11 heteroatoms. The Morgan fingerprint density at radius 2 is 2.05 bits per heavy atom. The SMILES string of the molecule is Cc1cc(Oc2ccccc2)nnc1N1C(=O)NC2=C(C(=O)N[C@@H]3CCCN(C)C3)SC3NCCC1C23. The number of likely N-dealkylation sites (N-methyl/N-ethyl adjacent to an activating group) is 1. The zero-order valence-electron chi connectivity index (χ0n) is 20.9. The van der Waals surface area contributed by atoms with Crippen LogP contribution in [0.25, 0.3) is 0 Å². The first-order chi connectivity index (χ1) is 18.0. The normalized spacial score (nSPS) is 27.5. The molecule has 0 bridgehead atoms. The summed E-state index contributed by atoms with van der Waals surface area (Å²) in [6, 6.07) is 10.9. The van der Waals surface area contributed by atoms with Crippen molar-refractivity contribution >= 4 is 29.5 Å². The van der Waals surface area contributed by atoms with Gasteiger partial charge in [-0.3, -0.25) is 9.69 Å². The van der Waals surface area contributed by atoms with E-state index in [0.29, 0.717) is 22.4 Å². The number of amides is 3. The van der Waals surface area contributed by atoms with Gasteiger partial charge in [0.25, 0.3) is 5.91 Å². The quantitative estimate of drug-likeness (QED) is 0.551. The number of benzene rings is 1. The van der Waals surface area contributed by atoms with Crippen molar-refractivity contribution < 1.29 is 14.3 Å². The van der Waals surface area contributed by atoms with Crippen LogP contribution in [0.5, 0.6) is 11.6 Å². The summed E-state index contributed by atoms with van der Waals surface area (Å²) in [6.45, 7) is 4.55. The molecule has 3 N–H and O–H groups in total. The molecule has 194 valence electrons. The van der Waals surface area contributed by atoms with E-state index in [1.807, 2.05) is 37.3 Å². The van der Waals surface area contributed by atoms with Crippen LogP contribution < -0.4 is 25.6 Å². The van der Waals surface area contributed by atoms with Crippen molar-refractivity contribution in [2.24, 2.45) is 5.92 Å². The first kappa shape index (κ1) is 24.2. The van der Waals surface area contributed by atoms with Crippen molar-refractivity contribution in [2.75, 3.05) is 31.6 Å². The van der Waals surface area contributed by atoms with Gasteiger partial charge in [0.05, 0.1) is 16.3 Å². The highest BCUT2D eigenvalue weighted by atomic mass is 32.2. The Morgan fingerprint density at radius 1 is 1.22 bits per heavy atom. The molecule has 3 unspecified atom stereocenters. The number of aromatic nitrogens is 2. The maximum absolute atomic E-state index is 13.5. The van der Waals surface area contributed by atoms with Gasteiger partial charge in [-0.1, -0.05) is 30.0 Å². The minimum absolute atomic E-state index is 0.0144. The number of rotatable bonds is 5. The molecule has 0 aliphatic carbocycles. The molecule has 0 radical (unpaired) electrons. The van der Waals surface area contributed by atoms with Crippen molar-refractivity contribution in [3.8, 4) is 11.6 Å². The number of ether oxygens (including phenoxy) is 1. The molecule has 1 aromatic heterocycles. The molecule has 0 saturated carbocycles. The summed E-state index contributed by atoms with van der Waals surface area (Å²) in [5.41, 5.74) is 1.52. The number of nitrogens with one attached hydrogen (secondary N) is 3. The van der Waals surface area contributed by atoms with Crippen LogP contribution >= 0.6 is 11.8 Å². The smallest absolute Gasteiger partial charge is 0.327 e. The van der Waals surface area contributed by atoms with E-state index in [4.69, 9.17) is 4.74 Å². The van der Waals surface area contributed by atoms with Crippen LogP contribution in [0, 0.1) is 12.8 Å².